The van der Waals surface area contributed by atoms with Gasteiger partial charge in [0.05, 0.1) is 0 Å². The number of nitrogens with zero attached hydrogens (tertiary/aromatic N) is 1. The summed E-state index contributed by atoms with van der Waals surface area (Å²) in [5.74, 6) is 0.163. The first-order chi connectivity index (χ1) is 8.65. The summed E-state index contributed by atoms with van der Waals surface area (Å²) >= 11 is 0. The van der Waals surface area contributed by atoms with E-state index < -0.39 is 0 Å². The number of carbonyl (C=O) groups is 1. The predicted molar refractivity (Wildman–Crippen MR) is 73.5 cm³/mol. The van der Waals surface area contributed by atoms with Crippen molar-refractivity contribution in [3.63, 3.8) is 0 Å². The number of hydrogen-bond donors (Lipinski definition) is 2. The molecule has 0 aliphatic carbocycles. The molecule has 0 bridgehead atoms. The van der Waals surface area contributed by atoms with Crippen molar-refractivity contribution in [2.45, 2.75) is 64.1 Å². The van der Waals surface area contributed by atoms with Crippen LogP contribution in [0.2, 0.25) is 0 Å². The van der Waals surface area contributed by atoms with E-state index in [1.807, 2.05) is 13.8 Å². The van der Waals surface area contributed by atoms with E-state index in [-0.39, 0.29) is 11.9 Å². The summed E-state index contributed by atoms with van der Waals surface area (Å²) in [6, 6.07) is 1.68. The van der Waals surface area contributed by atoms with Crippen LogP contribution in [0.15, 0.2) is 0 Å². The van der Waals surface area contributed by atoms with Gasteiger partial charge in [-0.3, -0.25) is 4.79 Å². The highest BCUT2D eigenvalue weighted by Crippen LogP contribution is 2.26. The number of rotatable bonds is 5. The van der Waals surface area contributed by atoms with Crippen molar-refractivity contribution in [3.05, 3.63) is 0 Å². The van der Waals surface area contributed by atoms with Crippen LogP contribution in [0, 0.1) is 0 Å². The van der Waals surface area contributed by atoms with E-state index in [2.05, 4.69) is 15.5 Å². The number of nitrogens with one attached hydrogen (secondary N) is 2. The van der Waals surface area contributed by atoms with Gasteiger partial charge in [0.25, 0.3) is 0 Å². The first kappa shape index (κ1) is 13.8. The van der Waals surface area contributed by atoms with Gasteiger partial charge in [-0.05, 0) is 52.6 Å². The van der Waals surface area contributed by atoms with Gasteiger partial charge in [-0.15, -0.1) is 0 Å². The van der Waals surface area contributed by atoms with Crippen LogP contribution in [-0.4, -0.2) is 48.6 Å². The SMILES string of the molecule is CC(C)NC(=O)CCNC1CCN2CCCC2C1. The lowest BCUT2D eigenvalue weighted by atomic mass is 9.97. The molecule has 0 aromatic carbocycles. The van der Waals surface area contributed by atoms with Gasteiger partial charge >= 0.3 is 0 Å². The Morgan fingerprint density at radius 2 is 2.17 bits per heavy atom. The molecule has 2 aliphatic heterocycles. The number of amides is 1. The minimum absolute atomic E-state index is 0.163. The Morgan fingerprint density at radius 3 is 2.94 bits per heavy atom. The topological polar surface area (TPSA) is 44.4 Å². The summed E-state index contributed by atoms with van der Waals surface area (Å²) in [7, 11) is 0. The lowest BCUT2D eigenvalue weighted by Crippen LogP contribution is -2.46. The molecule has 18 heavy (non-hydrogen) atoms. The van der Waals surface area contributed by atoms with Crippen LogP contribution in [0.5, 0.6) is 0 Å². The minimum Gasteiger partial charge on any atom is -0.354 e. The summed E-state index contributed by atoms with van der Waals surface area (Å²) in [5.41, 5.74) is 0. The van der Waals surface area contributed by atoms with E-state index in [1.54, 1.807) is 0 Å². The molecule has 0 spiro atoms. The number of carbonyl (C=O) groups excluding carboxylic acids is 1. The first-order valence-corrected chi connectivity index (χ1v) is 7.42. The average molecular weight is 253 g/mol. The lowest BCUT2D eigenvalue weighted by molar-refractivity contribution is -0.121. The van der Waals surface area contributed by atoms with E-state index in [0.29, 0.717) is 12.5 Å². The molecule has 2 heterocycles. The molecule has 2 saturated heterocycles. The molecular weight excluding hydrogens is 226 g/mol. The maximum Gasteiger partial charge on any atom is 0.221 e. The molecule has 2 unspecified atom stereocenters. The zero-order chi connectivity index (χ0) is 13.0. The fourth-order valence-electron chi connectivity index (χ4n) is 3.19. The Bertz CT molecular complexity index is 280. The maximum atomic E-state index is 11.5. The third-order valence-electron chi connectivity index (χ3n) is 4.06. The van der Waals surface area contributed by atoms with E-state index in [4.69, 9.17) is 0 Å². The van der Waals surface area contributed by atoms with Gasteiger partial charge in [0, 0.05) is 31.1 Å². The highest BCUT2D eigenvalue weighted by Gasteiger charge is 2.31. The Balaban J connectivity index is 1.61. The van der Waals surface area contributed by atoms with Gasteiger partial charge in [-0.2, -0.15) is 0 Å². The van der Waals surface area contributed by atoms with Gasteiger partial charge < -0.3 is 15.5 Å². The molecule has 0 radical (unpaired) electrons. The smallest absolute Gasteiger partial charge is 0.221 e. The van der Waals surface area contributed by atoms with Crippen molar-refractivity contribution >= 4 is 5.91 Å². The number of piperidine rings is 1. The van der Waals surface area contributed by atoms with Crippen molar-refractivity contribution in [2.24, 2.45) is 0 Å². The zero-order valence-corrected chi connectivity index (χ0v) is 11.7. The van der Waals surface area contributed by atoms with Crippen LogP contribution in [0.25, 0.3) is 0 Å². The van der Waals surface area contributed by atoms with E-state index in [1.165, 1.54) is 38.8 Å². The van der Waals surface area contributed by atoms with Crippen molar-refractivity contribution in [1.82, 2.24) is 15.5 Å². The fraction of sp³-hybridized carbons (Fsp3) is 0.929. The third-order valence-corrected chi connectivity index (χ3v) is 4.06. The highest BCUT2D eigenvalue weighted by atomic mass is 16.1. The zero-order valence-electron chi connectivity index (χ0n) is 11.7. The standard InChI is InChI=1S/C14H27N3O/c1-11(2)16-14(18)5-7-15-12-6-9-17-8-3-4-13(17)10-12/h11-13,15H,3-10H2,1-2H3,(H,16,18). The molecule has 104 valence electrons. The predicted octanol–water partition coefficient (Wildman–Crippen LogP) is 1.12. The molecule has 2 N–H and O–H groups in total. The van der Waals surface area contributed by atoms with Gasteiger partial charge in [0.2, 0.25) is 5.91 Å². The van der Waals surface area contributed by atoms with Crippen molar-refractivity contribution < 1.29 is 4.79 Å². The fourth-order valence-corrected chi connectivity index (χ4v) is 3.19. The first-order valence-electron chi connectivity index (χ1n) is 7.42. The number of fused-ring (bicyclic) bond motifs is 1. The van der Waals surface area contributed by atoms with E-state index in [0.717, 1.165) is 12.6 Å². The van der Waals surface area contributed by atoms with Crippen LogP contribution in [-0.2, 0) is 4.79 Å². The summed E-state index contributed by atoms with van der Waals surface area (Å²) in [6.45, 7) is 7.35. The van der Waals surface area contributed by atoms with Crippen LogP contribution in [0.3, 0.4) is 0 Å². The lowest BCUT2D eigenvalue weighted by Gasteiger charge is -2.35. The van der Waals surface area contributed by atoms with Crippen molar-refractivity contribution in [2.75, 3.05) is 19.6 Å². The van der Waals surface area contributed by atoms with Gasteiger partial charge in [-0.25, -0.2) is 0 Å². The highest BCUT2D eigenvalue weighted by molar-refractivity contribution is 5.76. The maximum absolute atomic E-state index is 11.5. The monoisotopic (exact) mass is 253 g/mol. The molecule has 0 aromatic heterocycles. The quantitative estimate of drug-likeness (QED) is 0.771. The minimum atomic E-state index is 0.163. The van der Waals surface area contributed by atoms with E-state index >= 15 is 0 Å². The van der Waals surface area contributed by atoms with Crippen LogP contribution in [0.1, 0.15) is 46.0 Å². The van der Waals surface area contributed by atoms with Crippen molar-refractivity contribution in [3.8, 4) is 0 Å². The molecule has 0 saturated carbocycles. The van der Waals surface area contributed by atoms with Gasteiger partial charge in [0.1, 0.15) is 0 Å². The Labute approximate surface area is 110 Å². The average Bonchev–Trinajstić information content (AvgIpc) is 2.75. The summed E-state index contributed by atoms with van der Waals surface area (Å²) in [6.07, 6.45) is 5.84. The summed E-state index contributed by atoms with van der Waals surface area (Å²) in [4.78, 5) is 14.1. The van der Waals surface area contributed by atoms with Gasteiger partial charge in [0.15, 0.2) is 0 Å². The van der Waals surface area contributed by atoms with Crippen LogP contribution >= 0.6 is 0 Å². The molecule has 4 heteroatoms. The Morgan fingerprint density at radius 1 is 1.33 bits per heavy atom. The second-order valence-electron chi connectivity index (χ2n) is 5.98. The van der Waals surface area contributed by atoms with Gasteiger partial charge in [-0.1, -0.05) is 0 Å². The summed E-state index contributed by atoms with van der Waals surface area (Å²) < 4.78 is 0. The molecule has 2 fully saturated rings. The molecule has 2 rings (SSSR count). The second kappa shape index (κ2) is 6.53. The Kier molecular flexibility index (Phi) is 5.01. The molecule has 2 aliphatic rings. The Hall–Kier alpha value is -0.610. The molecule has 1 amide bonds. The summed E-state index contributed by atoms with van der Waals surface area (Å²) in [5, 5.41) is 6.48. The second-order valence-corrected chi connectivity index (χ2v) is 5.98. The molecule has 0 aromatic rings. The third kappa shape index (κ3) is 3.95. The van der Waals surface area contributed by atoms with Crippen LogP contribution in [0.4, 0.5) is 0 Å². The largest absolute Gasteiger partial charge is 0.354 e. The molecule has 4 nitrogen and oxygen atoms in total. The van der Waals surface area contributed by atoms with Crippen molar-refractivity contribution in [1.29, 1.82) is 0 Å². The van der Waals surface area contributed by atoms with Crippen LogP contribution < -0.4 is 10.6 Å². The number of hydrogen-bond acceptors (Lipinski definition) is 3. The van der Waals surface area contributed by atoms with E-state index in [9.17, 15) is 4.79 Å². The normalized spacial score (nSPS) is 28.4. The molecular formula is C14H27N3O. The molecule has 2 atom stereocenters.